The molecule has 0 radical (unpaired) electrons. The molecule has 0 unspecified atom stereocenters. The predicted molar refractivity (Wildman–Crippen MR) is 76.2 cm³/mol. The van der Waals surface area contributed by atoms with Gasteiger partial charge in [-0.15, -0.1) is 0 Å². The van der Waals surface area contributed by atoms with Crippen molar-refractivity contribution in [2.45, 2.75) is 19.4 Å². The minimum absolute atomic E-state index is 0.0435. The number of hydrogen-bond donors (Lipinski definition) is 1. The van der Waals surface area contributed by atoms with Crippen LogP contribution in [0, 0.1) is 3.57 Å². The van der Waals surface area contributed by atoms with Crippen LogP contribution in [0.15, 0.2) is 6.07 Å². The third-order valence-corrected chi connectivity index (χ3v) is 3.44. The molecule has 1 atom stereocenters. The van der Waals surface area contributed by atoms with E-state index in [2.05, 4.69) is 22.6 Å². The maximum Gasteiger partial charge on any atom is 0.142 e. The van der Waals surface area contributed by atoms with Gasteiger partial charge < -0.3 is 19.9 Å². The molecule has 0 spiro atoms. The monoisotopic (exact) mass is 351 g/mol. The molecule has 0 aliphatic rings. The summed E-state index contributed by atoms with van der Waals surface area (Å²) in [5.41, 5.74) is 6.83. The first-order valence-corrected chi connectivity index (χ1v) is 6.35. The summed E-state index contributed by atoms with van der Waals surface area (Å²) in [6, 6.07) is 1.91. The van der Waals surface area contributed by atoms with Crippen molar-refractivity contribution in [3.63, 3.8) is 0 Å². The van der Waals surface area contributed by atoms with Crippen molar-refractivity contribution in [2.75, 3.05) is 21.3 Å². The molecule has 0 aromatic heterocycles. The predicted octanol–water partition coefficient (Wildman–Crippen LogP) is 2.21. The number of nitrogens with two attached hydrogens (primary N) is 1. The fraction of sp³-hybridized carbons (Fsp3) is 0.500. The Morgan fingerprint density at radius 1 is 1.18 bits per heavy atom. The van der Waals surface area contributed by atoms with Crippen LogP contribution in [-0.4, -0.2) is 27.4 Å². The van der Waals surface area contributed by atoms with Crippen molar-refractivity contribution in [1.29, 1.82) is 0 Å². The Hall–Kier alpha value is -0.690. The number of benzene rings is 1. The molecule has 5 heteroatoms. The van der Waals surface area contributed by atoms with Crippen molar-refractivity contribution >= 4 is 22.6 Å². The molecule has 96 valence electrons. The van der Waals surface area contributed by atoms with E-state index in [0.29, 0.717) is 6.42 Å². The second kappa shape index (κ2) is 6.30. The van der Waals surface area contributed by atoms with E-state index in [-0.39, 0.29) is 6.04 Å². The highest BCUT2D eigenvalue weighted by Crippen LogP contribution is 2.40. The molecular formula is C12H18INO3. The number of methoxy groups -OCH3 is 3. The van der Waals surface area contributed by atoms with E-state index in [1.54, 1.807) is 21.3 Å². The molecule has 0 aliphatic carbocycles. The summed E-state index contributed by atoms with van der Waals surface area (Å²) < 4.78 is 17.0. The third kappa shape index (κ3) is 3.16. The molecule has 0 bridgehead atoms. The lowest BCUT2D eigenvalue weighted by Gasteiger charge is -2.18. The van der Waals surface area contributed by atoms with Crippen LogP contribution in [0.2, 0.25) is 0 Å². The van der Waals surface area contributed by atoms with E-state index in [4.69, 9.17) is 19.9 Å². The summed E-state index contributed by atoms with van der Waals surface area (Å²) in [6.45, 7) is 1.95. The highest BCUT2D eigenvalue weighted by atomic mass is 127. The lowest BCUT2D eigenvalue weighted by atomic mass is 10.0. The zero-order valence-corrected chi connectivity index (χ0v) is 12.7. The summed E-state index contributed by atoms with van der Waals surface area (Å²) in [7, 11) is 4.90. The summed E-state index contributed by atoms with van der Waals surface area (Å²) in [5.74, 6) is 2.27. The third-order valence-electron chi connectivity index (χ3n) is 2.42. The van der Waals surface area contributed by atoms with Crippen molar-refractivity contribution in [2.24, 2.45) is 5.73 Å². The van der Waals surface area contributed by atoms with Gasteiger partial charge in [0, 0.05) is 17.7 Å². The number of ether oxygens (including phenoxy) is 3. The molecule has 1 aromatic rings. The zero-order chi connectivity index (χ0) is 13.0. The summed E-state index contributed by atoms with van der Waals surface area (Å²) in [5, 5.41) is 0. The van der Waals surface area contributed by atoms with Crippen LogP contribution in [0.3, 0.4) is 0 Å². The van der Waals surface area contributed by atoms with Crippen molar-refractivity contribution in [3.8, 4) is 17.2 Å². The molecule has 1 rings (SSSR count). The Morgan fingerprint density at radius 3 is 2.18 bits per heavy atom. The normalized spacial score (nSPS) is 12.1. The standard InChI is InChI=1S/C12H18INO3/c1-7(14)5-8-9(15-2)6-10(16-3)11(13)12(8)17-4/h6-7H,5,14H2,1-4H3/t7-/m0/s1. The number of rotatable bonds is 5. The minimum atomic E-state index is 0.0435. The van der Waals surface area contributed by atoms with E-state index in [9.17, 15) is 0 Å². The topological polar surface area (TPSA) is 53.7 Å². The van der Waals surface area contributed by atoms with Crippen molar-refractivity contribution in [1.82, 2.24) is 0 Å². The maximum atomic E-state index is 5.85. The van der Waals surface area contributed by atoms with E-state index in [1.807, 2.05) is 13.0 Å². The van der Waals surface area contributed by atoms with Crippen molar-refractivity contribution < 1.29 is 14.2 Å². The quantitative estimate of drug-likeness (QED) is 0.827. The van der Waals surface area contributed by atoms with Crippen LogP contribution < -0.4 is 19.9 Å². The van der Waals surface area contributed by atoms with E-state index in [0.717, 1.165) is 26.4 Å². The van der Waals surface area contributed by atoms with Gasteiger partial charge in [-0.1, -0.05) is 0 Å². The molecule has 0 saturated heterocycles. The Morgan fingerprint density at radius 2 is 1.76 bits per heavy atom. The number of hydrogen-bond acceptors (Lipinski definition) is 4. The Kier molecular flexibility index (Phi) is 5.32. The fourth-order valence-electron chi connectivity index (χ4n) is 1.68. The van der Waals surface area contributed by atoms with Crippen LogP contribution in [0.25, 0.3) is 0 Å². The fourth-order valence-corrected chi connectivity index (χ4v) is 2.61. The average Bonchev–Trinajstić information content (AvgIpc) is 2.29. The molecular weight excluding hydrogens is 333 g/mol. The van der Waals surface area contributed by atoms with Gasteiger partial charge in [-0.25, -0.2) is 0 Å². The molecule has 0 fully saturated rings. The first-order chi connectivity index (χ1) is 8.04. The van der Waals surface area contributed by atoms with Crippen LogP contribution >= 0.6 is 22.6 Å². The Labute approximate surface area is 116 Å². The molecule has 0 aliphatic heterocycles. The first kappa shape index (κ1) is 14.4. The summed E-state index contributed by atoms with van der Waals surface area (Å²) in [4.78, 5) is 0. The average molecular weight is 351 g/mol. The van der Waals surface area contributed by atoms with E-state index in [1.165, 1.54) is 0 Å². The SMILES string of the molecule is COc1cc(OC)c(C[C@H](C)N)c(OC)c1I. The Bertz CT molecular complexity index is 394. The molecule has 0 heterocycles. The lowest BCUT2D eigenvalue weighted by molar-refractivity contribution is 0.363. The van der Waals surface area contributed by atoms with Crippen LogP contribution in [-0.2, 0) is 6.42 Å². The Balaban J connectivity index is 3.37. The van der Waals surface area contributed by atoms with Gasteiger partial charge >= 0.3 is 0 Å². The van der Waals surface area contributed by atoms with Gasteiger partial charge in [0.15, 0.2) is 0 Å². The van der Waals surface area contributed by atoms with Gasteiger partial charge in [0.1, 0.15) is 17.2 Å². The molecule has 0 amide bonds. The molecule has 4 nitrogen and oxygen atoms in total. The van der Waals surface area contributed by atoms with E-state index >= 15 is 0 Å². The van der Waals surface area contributed by atoms with Crippen LogP contribution in [0.4, 0.5) is 0 Å². The molecule has 1 aromatic carbocycles. The second-order valence-corrected chi connectivity index (χ2v) is 4.87. The van der Waals surface area contributed by atoms with Crippen molar-refractivity contribution in [3.05, 3.63) is 15.2 Å². The van der Waals surface area contributed by atoms with Gasteiger partial charge in [0.2, 0.25) is 0 Å². The van der Waals surface area contributed by atoms with E-state index < -0.39 is 0 Å². The van der Waals surface area contributed by atoms with Gasteiger partial charge in [0.05, 0.1) is 24.9 Å². The maximum absolute atomic E-state index is 5.85. The minimum Gasteiger partial charge on any atom is -0.496 e. The molecule has 17 heavy (non-hydrogen) atoms. The highest BCUT2D eigenvalue weighted by molar-refractivity contribution is 14.1. The molecule has 0 saturated carbocycles. The summed E-state index contributed by atoms with van der Waals surface area (Å²) in [6.07, 6.45) is 0.701. The first-order valence-electron chi connectivity index (χ1n) is 5.28. The zero-order valence-electron chi connectivity index (χ0n) is 10.5. The number of halogens is 1. The molecule has 2 N–H and O–H groups in total. The van der Waals surface area contributed by atoms with Gasteiger partial charge in [-0.3, -0.25) is 0 Å². The van der Waals surface area contributed by atoms with Crippen LogP contribution in [0.1, 0.15) is 12.5 Å². The smallest absolute Gasteiger partial charge is 0.142 e. The summed E-state index contributed by atoms with van der Waals surface area (Å²) >= 11 is 2.20. The van der Waals surface area contributed by atoms with Gasteiger partial charge in [-0.2, -0.15) is 0 Å². The largest absolute Gasteiger partial charge is 0.496 e. The highest BCUT2D eigenvalue weighted by Gasteiger charge is 2.19. The van der Waals surface area contributed by atoms with Gasteiger partial charge in [0.25, 0.3) is 0 Å². The van der Waals surface area contributed by atoms with Gasteiger partial charge in [-0.05, 0) is 35.9 Å². The second-order valence-electron chi connectivity index (χ2n) is 3.79. The van der Waals surface area contributed by atoms with Crippen LogP contribution in [0.5, 0.6) is 17.2 Å². The lowest BCUT2D eigenvalue weighted by Crippen LogP contribution is -2.19.